The number of benzene rings is 2. The van der Waals surface area contributed by atoms with Crippen LogP contribution in [0.5, 0.6) is 11.5 Å². The Balaban J connectivity index is 1.64. The fourth-order valence-electron chi connectivity index (χ4n) is 3.13. The summed E-state index contributed by atoms with van der Waals surface area (Å²) in [6.45, 7) is 0.202. The SMILES string of the molecule is COc1ccc(N2C(=N)c3ccoc3NC2COc2ccccc2C#N)cc1. The van der Waals surface area contributed by atoms with E-state index in [-0.39, 0.29) is 6.61 Å². The molecule has 0 radical (unpaired) electrons. The van der Waals surface area contributed by atoms with Crippen molar-refractivity contribution in [3.63, 3.8) is 0 Å². The second-order valence-electron chi connectivity index (χ2n) is 6.16. The van der Waals surface area contributed by atoms with E-state index in [1.807, 2.05) is 35.2 Å². The molecule has 0 amide bonds. The highest BCUT2D eigenvalue weighted by molar-refractivity contribution is 6.12. The van der Waals surface area contributed by atoms with Crippen LogP contribution in [0.1, 0.15) is 11.1 Å². The number of nitrogens with zero attached hydrogens (tertiary/aromatic N) is 2. The number of nitriles is 1. The average molecular weight is 374 g/mol. The molecular weight excluding hydrogens is 356 g/mol. The lowest BCUT2D eigenvalue weighted by Gasteiger charge is -2.37. The number of furan rings is 1. The van der Waals surface area contributed by atoms with Crippen LogP contribution in [-0.2, 0) is 0 Å². The molecule has 140 valence electrons. The van der Waals surface area contributed by atoms with Gasteiger partial charge in [0.05, 0.1) is 24.5 Å². The van der Waals surface area contributed by atoms with Gasteiger partial charge in [0, 0.05) is 5.69 Å². The Morgan fingerprint density at radius 1 is 1.18 bits per heavy atom. The number of fused-ring (bicyclic) bond motifs is 1. The first kappa shape index (κ1) is 17.5. The van der Waals surface area contributed by atoms with Crippen molar-refractivity contribution in [3.8, 4) is 17.6 Å². The van der Waals surface area contributed by atoms with Crippen LogP contribution >= 0.6 is 0 Å². The minimum absolute atomic E-state index is 0.202. The number of hydrogen-bond donors (Lipinski definition) is 2. The smallest absolute Gasteiger partial charge is 0.205 e. The number of methoxy groups -OCH3 is 1. The third-order valence-electron chi connectivity index (χ3n) is 4.53. The molecule has 1 aliphatic rings. The molecule has 0 bridgehead atoms. The third kappa shape index (κ3) is 3.12. The molecule has 2 aromatic carbocycles. The summed E-state index contributed by atoms with van der Waals surface area (Å²) < 4.78 is 16.6. The van der Waals surface area contributed by atoms with Crippen molar-refractivity contribution in [2.45, 2.75) is 6.17 Å². The number of para-hydroxylation sites is 1. The number of anilines is 2. The molecular formula is C21H18N4O3. The number of amidine groups is 1. The van der Waals surface area contributed by atoms with Crippen LogP contribution in [0.2, 0.25) is 0 Å². The second-order valence-corrected chi connectivity index (χ2v) is 6.16. The predicted molar refractivity (Wildman–Crippen MR) is 105 cm³/mol. The summed E-state index contributed by atoms with van der Waals surface area (Å²) in [5.41, 5.74) is 1.94. The maximum absolute atomic E-state index is 9.26. The summed E-state index contributed by atoms with van der Waals surface area (Å²) in [6, 6.07) is 18.4. The van der Waals surface area contributed by atoms with E-state index in [0.717, 1.165) is 11.4 Å². The van der Waals surface area contributed by atoms with Gasteiger partial charge in [-0.05, 0) is 42.5 Å². The van der Waals surface area contributed by atoms with E-state index in [2.05, 4.69) is 11.4 Å². The lowest BCUT2D eigenvalue weighted by atomic mass is 10.1. The zero-order chi connectivity index (χ0) is 19.5. The van der Waals surface area contributed by atoms with Crippen LogP contribution in [0, 0.1) is 16.7 Å². The van der Waals surface area contributed by atoms with Gasteiger partial charge >= 0.3 is 0 Å². The van der Waals surface area contributed by atoms with Gasteiger partial charge in [0.15, 0.2) is 0 Å². The lowest BCUT2D eigenvalue weighted by molar-refractivity contribution is 0.296. The summed E-state index contributed by atoms with van der Waals surface area (Å²) in [4.78, 5) is 1.83. The van der Waals surface area contributed by atoms with Gasteiger partial charge in [0.2, 0.25) is 5.88 Å². The van der Waals surface area contributed by atoms with Crippen LogP contribution < -0.4 is 19.7 Å². The summed E-state index contributed by atoms with van der Waals surface area (Å²) >= 11 is 0. The summed E-state index contributed by atoms with van der Waals surface area (Å²) in [7, 11) is 1.61. The summed E-state index contributed by atoms with van der Waals surface area (Å²) in [5.74, 6) is 2.06. The van der Waals surface area contributed by atoms with Gasteiger partial charge in [-0.15, -0.1) is 0 Å². The maximum Gasteiger partial charge on any atom is 0.205 e. The van der Waals surface area contributed by atoms with Crippen molar-refractivity contribution < 1.29 is 13.9 Å². The molecule has 2 heterocycles. The van der Waals surface area contributed by atoms with Crippen molar-refractivity contribution >= 4 is 17.4 Å². The molecule has 1 unspecified atom stereocenters. The van der Waals surface area contributed by atoms with Crippen molar-refractivity contribution in [1.29, 1.82) is 10.7 Å². The van der Waals surface area contributed by atoms with Crippen molar-refractivity contribution in [2.24, 2.45) is 0 Å². The Morgan fingerprint density at radius 2 is 1.96 bits per heavy atom. The van der Waals surface area contributed by atoms with E-state index in [9.17, 15) is 5.26 Å². The molecule has 0 spiro atoms. The summed E-state index contributed by atoms with van der Waals surface area (Å²) in [6.07, 6.45) is 1.15. The van der Waals surface area contributed by atoms with Crippen LogP contribution in [-0.4, -0.2) is 25.7 Å². The average Bonchev–Trinajstić information content (AvgIpc) is 3.22. The molecule has 0 saturated heterocycles. The fraction of sp³-hybridized carbons (Fsp3) is 0.143. The van der Waals surface area contributed by atoms with Crippen LogP contribution in [0.4, 0.5) is 11.6 Å². The van der Waals surface area contributed by atoms with Gasteiger partial charge in [0.25, 0.3) is 0 Å². The first-order chi connectivity index (χ1) is 13.7. The molecule has 4 rings (SSSR count). The molecule has 0 saturated carbocycles. The minimum Gasteiger partial charge on any atom is -0.497 e. The molecule has 7 nitrogen and oxygen atoms in total. The Kier molecular flexibility index (Phi) is 4.60. The van der Waals surface area contributed by atoms with Crippen LogP contribution in [0.15, 0.2) is 65.3 Å². The molecule has 2 N–H and O–H groups in total. The largest absolute Gasteiger partial charge is 0.497 e. The van der Waals surface area contributed by atoms with Gasteiger partial charge in [0.1, 0.15) is 36.2 Å². The molecule has 3 aromatic rings. The van der Waals surface area contributed by atoms with Gasteiger partial charge in [-0.1, -0.05) is 12.1 Å². The van der Waals surface area contributed by atoms with Crippen molar-refractivity contribution in [3.05, 3.63) is 72.0 Å². The topological polar surface area (TPSA) is 94.5 Å². The molecule has 0 fully saturated rings. The normalized spacial score (nSPS) is 15.4. The Labute approximate surface area is 162 Å². The molecule has 7 heteroatoms. The lowest BCUT2D eigenvalue weighted by Crippen LogP contribution is -2.51. The Hall–Kier alpha value is -3.92. The Bertz CT molecular complexity index is 1040. The predicted octanol–water partition coefficient (Wildman–Crippen LogP) is 3.82. The first-order valence-electron chi connectivity index (χ1n) is 8.69. The van der Waals surface area contributed by atoms with E-state index in [0.29, 0.717) is 28.6 Å². The zero-order valence-corrected chi connectivity index (χ0v) is 15.2. The number of hydrogen-bond acceptors (Lipinski definition) is 6. The monoisotopic (exact) mass is 374 g/mol. The van der Waals surface area contributed by atoms with Gasteiger partial charge < -0.3 is 24.1 Å². The van der Waals surface area contributed by atoms with Crippen molar-refractivity contribution in [1.82, 2.24) is 0 Å². The maximum atomic E-state index is 9.26. The number of nitrogens with one attached hydrogen (secondary N) is 2. The highest BCUT2D eigenvalue weighted by Crippen LogP contribution is 2.31. The van der Waals surface area contributed by atoms with Crippen LogP contribution in [0.25, 0.3) is 0 Å². The van der Waals surface area contributed by atoms with E-state index < -0.39 is 6.17 Å². The number of ether oxygens (including phenoxy) is 2. The van der Waals surface area contributed by atoms with E-state index in [1.54, 1.807) is 37.6 Å². The van der Waals surface area contributed by atoms with E-state index in [1.165, 1.54) is 0 Å². The van der Waals surface area contributed by atoms with Crippen LogP contribution in [0.3, 0.4) is 0 Å². The number of rotatable bonds is 5. The Morgan fingerprint density at radius 3 is 2.71 bits per heavy atom. The minimum atomic E-state index is -0.397. The van der Waals surface area contributed by atoms with Crippen molar-refractivity contribution in [2.75, 3.05) is 23.9 Å². The highest BCUT2D eigenvalue weighted by atomic mass is 16.5. The van der Waals surface area contributed by atoms with E-state index in [4.69, 9.17) is 19.3 Å². The third-order valence-corrected chi connectivity index (χ3v) is 4.53. The fourth-order valence-corrected chi connectivity index (χ4v) is 3.13. The highest BCUT2D eigenvalue weighted by Gasteiger charge is 2.33. The molecule has 1 atom stereocenters. The molecule has 1 aromatic heterocycles. The van der Waals surface area contributed by atoms with Gasteiger partial charge in [-0.2, -0.15) is 5.26 Å². The quantitative estimate of drug-likeness (QED) is 0.705. The van der Waals surface area contributed by atoms with E-state index >= 15 is 0 Å². The molecule has 1 aliphatic heterocycles. The zero-order valence-electron chi connectivity index (χ0n) is 15.2. The summed E-state index contributed by atoms with van der Waals surface area (Å²) in [5, 5.41) is 21.2. The van der Waals surface area contributed by atoms with Gasteiger partial charge in [-0.3, -0.25) is 5.41 Å². The first-order valence-corrected chi connectivity index (χ1v) is 8.69. The van der Waals surface area contributed by atoms with Gasteiger partial charge in [-0.25, -0.2) is 0 Å². The molecule has 0 aliphatic carbocycles. The standard InChI is InChI=1S/C21H18N4O3/c1-26-16-8-6-15(7-9-16)25-19(24-21-17(20(25)23)10-11-27-21)13-28-18-5-3-2-4-14(18)12-22/h2-11,19,23-24H,13H2,1H3. The second kappa shape index (κ2) is 7.37. The molecule has 28 heavy (non-hydrogen) atoms.